The van der Waals surface area contributed by atoms with Crippen LogP contribution in [0.25, 0.3) is 0 Å². The summed E-state index contributed by atoms with van der Waals surface area (Å²) in [4.78, 5) is 10.9. The standard InChI is InChI=1S/C12H16F2N2O/c1-8-6-10(14)11(7-9(8)13)16-5-3-4-12(17)15-2/h6-7,16H,3-5H2,1-2H3,(H,15,17). The lowest BCUT2D eigenvalue weighted by Gasteiger charge is -2.08. The molecule has 0 saturated heterocycles. The van der Waals surface area contributed by atoms with Crippen LogP contribution in [-0.2, 0) is 4.79 Å². The number of carbonyl (C=O) groups is 1. The summed E-state index contributed by atoms with van der Waals surface area (Å²) in [6, 6.07) is 2.28. The third-order valence-electron chi connectivity index (χ3n) is 2.42. The number of carbonyl (C=O) groups excluding carboxylic acids is 1. The van der Waals surface area contributed by atoms with E-state index in [0.29, 0.717) is 19.4 Å². The predicted octanol–water partition coefficient (Wildman–Crippen LogP) is 2.21. The molecule has 0 saturated carbocycles. The van der Waals surface area contributed by atoms with Crippen molar-refractivity contribution in [1.29, 1.82) is 0 Å². The van der Waals surface area contributed by atoms with Crippen LogP contribution < -0.4 is 10.6 Å². The SMILES string of the molecule is CNC(=O)CCCNc1cc(F)c(C)cc1F. The maximum absolute atomic E-state index is 13.4. The van der Waals surface area contributed by atoms with Gasteiger partial charge in [0.1, 0.15) is 11.6 Å². The van der Waals surface area contributed by atoms with E-state index < -0.39 is 11.6 Å². The van der Waals surface area contributed by atoms with Gasteiger partial charge in [-0.05, 0) is 25.0 Å². The Morgan fingerprint density at radius 1 is 1.29 bits per heavy atom. The van der Waals surface area contributed by atoms with Crippen LogP contribution in [0.2, 0.25) is 0 Å². The molecule has 1 amide bonds. The molecule has 17 heavy (non-hydrogen) atoms. The molecule has 0 heterocycles. The second-order valence-corrected chi connectivity index (χ2v) is 3.78. The van der Waals surface area contributed by atoms with E-state index in [-0.39, 0.29) is 17.2 Å². The van der Waals surface area contributed by atoms with E-state index in [1.54, 1.807) is 7.05 Å². The topological polar surface area (TPSA) is 41.1 Å². The lowest BCUT2D eigenvalue weighted by atomic mass is 10.2. The van der Waals surface area contributed by atoms with E-state index in [1.165, 1.54) is 6.92 Å². The molecule has 94 valence electrons. The van der Waals surface area contributed by atoms with Gasteiger partial charge in [-0.3, -0.25) is 4.79 Å². The van der Waals surface area contributed by atoms with Crippen molar-refractivity contribution in [3.8, 4) is 0 Å². The minimum Gasteiger partial charge on any atom is -0.383 e. The number of halogens is 2. The molecule has 0 atom stereocenters. The number of hydrogen-bond acceptors (Lipinski definition) is 2. The van der Waals surface area contributed by atoms with Crippen molar-refractivity contribution >= 4 is 11.6 Å². The maximum atomic E-state index is 13.4. The Bertz CT molecular complexity index is 408. The minimum atomic E-state index is -0.483. The average Bonchev–Trinajstić information content (AvgIpc) is 2.30. The molecule has 3 nitrogen and oxygen atoms in total. The molecule has 0 unspecified atom stereocenters. The van der Waals surface area contributed by atoms with Crippen LogP contribution in [0.15, 0.2) is 12.1 Å². The molecule has 2 N–H and O–H groups in total. The molecule has 0 radical (unpaired) electrons. The Morgan fingerprint density at radius 3 is 2.65 bits per heavy atom. The zero-order valence-electron chi connectivity index (χ0n) is 9.94. The Labute approximate surface area is 99.2 Å². The largest absolute Gasteiger partial charge is 0.383 e. The molecule has 0 aliphatic carbocycles. The number of rotatable bonds is 5. The third-order valence-corrected chi connectivity index (χ3v) is 2.42. The Kier molecular flexibility index (Phi) is 4.87. The fraction of sp³-hybridized carbons (Fsp3) is 0.417. The number of aryl methyl sites for hydroxylation is 1. The molecule has 0 spiro atoms. The van der Waals surface area contributed by atoms with Gasteiger partial charge in [-0.2, -0.15) is 0 Å². The summed E-state index contributed by atoms with van der Waals surface area (Å²) >= 11 is 0. The minimum absolute atomic E-state index is 0.0673. The lowest BCUT2D eigenvalue weighted by molar-refractivity contribution is -0.120. The van der Waals surface area contributed by atoms with Gasteiger partial charge in [0.2, 0.25) is 5.91 Å². The summed E-state index contributed by atoms with van der Waals surface area (Å²) in [6.07, 6.45) is 0.925. The molecular weight excluding hydrogens is 226 g/mol. The van der Waals surface area contributed by atoms with Crippen molar-refractivity contribution in [2.45, 2.75) is 19.8 Å². The zero-order valence-corrected chi connectivity index (χ0v) is 9.94. The lowest BCUT2D eigenvalue weighted by Crippen LogP contribution is -2.18. The van der Waals surface area contributed by atoms with Crippen molar-refractivity contribution in [2.75, 3.05) is 18.9 Å². The summed E-state index contributed by atoms with van der Waals surface area (Å²) in [5.74, 6) is -0.994. The van der Waals surface area contributed by atoms with E-state index >= 15 is 0 Å². The second kappa shape index (κ2) is 6.18. The highest BCUT2D eigenvalue weighted by atomic mass is 19.1. The van der Waals surface area contributed by atoms with Gasteiger partial charge < -0.3 is 10.6 Å². The molecule has 1 aromatic rings. The van der Waals surface area contributed by atoms with Crippen LogP contribution >= 0.6 is 0 Å². The van der Waals surface area contributed by atoms with Crippen molar-refractivity contribution in [1.82, 2.24) is 5.32 Å². The summed E-state index contributed by atoms with van der Waals surface area (Å²) in [7, 11) is 1.56. The normalized spacial score (nSPS) is 10.1. The molecule has 1 aromatic carbocycles. The fourth-order valence-electron chi connectivity index (χ4n) is 1.38. The first-order valence-electron chi connectivity index (χ1n) is 5.44. The third kappa shape index (κ3) is 4.01. The summed E-state index contributed by atoms with van der Waals surface area (Å²) in [5.41, 5.74) is 0.406. The van der Waals surface area contributed by atoms with Crippen LogP contribution in [-0.4, -0.2) is 19.5 Å². The number of amides is 1. The summed E-state index contributed by atoms with van der Waals surface area (Å²) in [6.45, 7) is 1.93. The number of hydrogen-bond donors (Lipinski definition) is 2. The van der Waals surface area contributed by atoms with Crippen LogP contribution in [0.3, 0.4) is 0 Å². The highest BCUT2D eigenvalue weighted by Gasteiger charge is 2.06. The van der Waals surface area contributed by atoms with E-state index in [4.69, 9.17) is 0 Å². The highest BCUT2D eigenvalue weighted by Crippen LogP contribution is 2.18. The van der Waals surface area contributed by atoms with Crippen LogP contribution in [0.1, 0.15) is 18.4 Å². The van der Waals surface area contributed by atoms with Crippen LogP contribution in [0.5, 0.6) is 0 Å². The Balaban J connectivity index is 2.47. The first kappa shape index (κ1) is 13.4. The molecule has 0 aliphatic heterocycles. The quantitative estimate of drug-likeness (QED) is 0.777. The van der Waals surface area contributed by atoms with Crippen LogP contribution in [0.4, 0.5) is 14.5 Å². The van der Waals surface area contributed by atoms with Crippen molar-refractivity contribution in [3.63, 3.8) is 0 Å². The molecule has 0 fully saturated rings. The van der Waals surface area contributed by atoms with E-state index in [2.05, 4.69) is 10.6 Å². The average molecular weight is 242 g/mol. The smallest absolute Gasteiger partial charge is 0.219 e. The van der Waals surface area contributed by atoms with Crippen LogP contribution in [0, 0.1) is 18.6 Å². The van der Waals surface area contributed by atoms with Gasteiger partial charge in [0, 0.05) is 26.1 Å². The number of anilines is 1. The van der Waals surface area contributed by atoms with Gasteiger partial charge in [0.05, 0.1) is 5.69 Å². The maximum Gasteiger partial charge on any atom is 0.219 e. The number of nitrogens with one attached hydrogen (secondary N) is 2. The molecule has 0 bridgehead atoms. The van der Waals surface area contributed by atoms with Gasteiger partial charge in [-0.25, -0.2) is 8.78 Å². The van der Waals surface area contributed by atoms with Crippen molar-refractivity contribution < 1.29 is 13.6 Å². The van der Waals surface area contributed by atoms with Gasteiger partial charge in [-0.15, -0.1) is 0 Å². The Hall–Kier alpha value is -1.65. The van der Waals surface area contributed by atoms with Gasteiger partial charge in [0.15, 0.2) is 0 Å². The summed E-state index contributed by atoms with van der Waals surface area (Å²) in [5, 5.41) is 5.26. The second-order valence-electron chi connectivity index (χ2n) is 3.78. The molecule has 5 heteroatoms. The fourth-order valence-corrected chi connectivity index (χ4v) is 1.38. The number of benzene rings is 1. The Morgan fingerprint density at radius 2 is 2.00 bits per heavy atom. The first-order chi connectivity index (χ1) is 8.04. The van der Waals surface area contributed by atoms with Gasteiger partial charge >= 0.3 is 0 Å². The molecular formula is C12H16F2N2O. The van der Waals surface area contributed by atoms with Gasteiger partial charge in [0.25, 0.3) is 0 Å². The highest BCUT2D eigenvalue weighted by molar-refractivity contribution is 5.75. The van der Waals surface area contributed by atoms with Gasteiger partial charge in [-0.1, -0.05) is 0 Å². The molecule has 0 aliphatic rings. The van der Waals surface area contributed by atoms with E-state index in [0.717, 1.165) is 12.1 Å². The van der Waals surface area contributed by atoms with E-state index in [1.807, 2.05) is 0 Å². The van der Waals surface area contributed by atoms with Crippen molar-refractivity contribution in [3.05, 3.63) is 29.3 Å². The zero-order chi connectivity index (χ0) is 12.8. The summed E-state index contributed by atoms with van der Waals surface area (Å²) < 4.78 is 26.6. The molecule has 0 aromatic heterocycles. The monoisotopic (exact) mass is 242 g/mol. The van der Waals surface area contributed by atoms with E-state index in [9.17, 15) is 13.6 Å². The predicted molar refractivity (Wildman–Crippen MR) is 62.9 cm³/mol. The van der Waals surface area contributed by atoms with Crippen molar-refractivity contribution in [2.24, 2.45) is 0 Å². The first-order valence-corrected chi connectivity index (χ1v) is 5.44. The molecule has 1 rings (SSSR count).